The van der Waals surface area contributed by atoms with Crippen molar-refractivity contribution in [2.75, 3.05) is 0 Å². The Morgan fingerprint density at radius 1 is 1.31 bits per heavy atom. The highest BCUT2D eigenvalue weighted by atomic mass is 19.4. The number of oxazole rings is 1. The largest absolute Gasteiger partial charge is 0.440 e. The van der Waals surface area contributed by atoms with Gasteiger partial charge in [-0.3, -0.25) is 5.10 Å². The summed E-state index contributed by atoms with van der Waals surface area (Å²) < 4.78 is 42.0. The standard InChI is InChI=1S/C9H8F3N3O/c1-4-5(2)16-8(13-4)6-3-7(15-14-6)9(10,11)12/h3H,1-2H3,(H,14,15). The van der Waals surface area contributed by atoms with Crippen LogP contribution in [-0.2, 0) is 6.18 Å². The zero-order valence-corrected chi connectivity index (χ0v) is 8.51. The zero-order valence-electron chi connectivity index (χ0n) is 8.51. The van der Waals surface area contributed by atoms with Gasteiger partial charge < -0.3 is 4.42 Å². The Morgan fingerprint density at radius 2 is 2.00 bits per heavy atom. The van der Waals surface area contributed by atoms with Crippen LogP contribution < -0.4 is 0 Å². The van der Waals surface area contributed by atoms with E-state index >= 15 is 0 Å². The minimum absolute atomic E-state index is 0.0449. The Balaban J connectivity index is 2.39. The van der Waals surface area contributed by atoms with Gasteiger partial charge in [0, 0.05) is 6.07 Å². The maximum absolute atomic E-state index is 12.3. The molecule has 2 aromatic heterocycles. The van der Waals surface area contributed by atoms with Crippen molar-refractivity contribution in [1.82, 2.24) is 15.2 Å². The summed E-state index contributed by atoms with van der Waals surface area (Å²) in [7, 11) is 0. The van der Waals surface area contributed by atoms with E-state index in [0.29, 0.717) is 11.5 Å². The Kier molecular flexibility index (Phi) is 2.25. The minimum atomic E-state index is -4.44. The lowest BCUT2D eigenvalue weighted by Gasteiger charge is -1.99. The predicted molar refractivity (Wildman–Crippen MR) is 48.6 cm³/mol. The summed E-state index contributed by atoms with van der Waals surface area (Å²) >= 11 is 0. The summed E-state index contributed by atoms with van der Waals surface area (Å²) in [5.74, 6) is 0.647. The highest BCUT2D eigenvalue weighted by molar-refractivity contribution is 5.48. The lowest BCUT2D eigenvalue weighted by atomic mass is 10.3. The molecule has 0 aliphatic rings. The Bertz CT molecular complexity index is 493. The molecule has 86 valence electrons. The molecule has 16 heavy (non-hydrogen) atoms. The summed E-state index contributed by atoms with van der Waals surface area (Å²) in [4.78, 5) is 3.96. The predicted octanol–water partition coefficient (Wildman–Crippen LogP) is 2.70. The molecule has 0 radical (unpaired) electrons. The van der Waals surface area contributed by atoms with E-state index in [1.165, 1.54) is 0 Å². The first-order chi connectivity index (χ1) is 7.38. The van der Waals surface area contributed by atoms with Crippen molar-refractivity contribution in [3.63, 3.8) is 0 Å². The highest BCUT2D eigenvalue weighted by Crippen LogP contribution is 2.30. The van der Waals surface area contributed by atoms with Gasteiger partial charge in [-0.2, -0.15) is 18.3 Å². The lowest BCUT2D eigenvalue weighted by molar-refractivity contribution is -0.141. The van der Waals surface area contributed by atoms with Gasteiger partial charge in [-0.25, -0.2) is 4.98 Å². The van der Waals surface area contributed by atoms with Crippen LogP contribution in [0.25, 0.3) is 11.6 Å². The van der Waals surface area contributed by atoms with Gasteiger partial charge in [-0.1, -0.05) is 0 Å². The van der Waals surface area contributed by atoms with Crippen molar-refractivity contribution in [3.8, 4) is 11.6 Å². The highest BCUT2D eigenvalue weighted by Gasteiger charge is 2.33. The van der Waals surface area contributed by atoms with Crippen molar-refractivity contribution in [2.45, 2.75) is 20.0 Å². The quantitative estimate of drug-likeness (QED) is 0.820. The number of alkyl halides is 3. The normalized spacial score (nSPS) is 12.1. The van der Waals surface area contributed by atoms with Gasteiger partial charge in [0.2, 0.25) is 5.89 Å². The van der Waals surface area contributed by atoms with E-state index in [9.17, 15) is 13.2 Å². The van der Waals surface area contributed by atoms with E-state index < -0.39 is 11.9 Å². The van der Waals surface area contributed by atoms with Gasteiger partial charge in [-0.05, 0) is 13.8 Å². The van der Waals surface area contributed by atoms with E-state index in [2.05, 4.69) is 10.1 Å². The summed E-state index contributed by atoms with van der Waals surface area (Å²) in [6.07, 6.45) is -4.44. The second-order valence-corrected chi connectivity index (χ2v) is 3.33. The number of aromatic nitrogens is 3. The molecule has 0 saturated carbocycles. The van der Waals surface area contributed by atoms with Crippen molar-refractivity contribution in [1.29, 1.82) is 0 Å². The van der Waals surface area contributed by atoms with E-state index in [0.717, 1.165) is 6.07 Å². The molecule has 2 aromatic rings. The van der Waals surface area contributed by atoms with Crippen LogP contribution in [0.3, 0.4) is 0 Å². The molecule has 0 amide bonds. The first kappa shape index (κ1) is 10.7. The third-order valence-electron chi connectivity index (χ3n) is 2.13. The molecular weight excluding hydrogens is 223 g/mol. The van der Waals surface area contributed by atoms with Gasteiger partial charge in [0.25, 0.3) is 0 Å². The van der Waals surface area contributed by atoms with E-state index in [1.54, 1.807) is 13.8 Å². The van der Waals surface area contributed by atoms with Crippen LogP contribution in [-0.4, -0.2) is 15.2 Å². The SMILES string of the molecule is Cc1nc(-c2cc(C(F)(F)F)[nH]n2)oc1C. The molecule has 1 N–H and O–H groups in total. The number of nitrogens with one attached hydrogen (secondary N) is 1. The van der Waals surface area contributed by atoms with Crippen molar-refractivity contribution >= 4 is 0 Å². The number of aromatic amines is 1. The molecule has 0 unspecified atom stereocenters. The van der Waals surface area contributed by atoms with Crippen molar-refractivity contribution < 1.29 is 17.6 Å². The molecule has 7 heteroatoms. The number of rotatable bonds is 1. The van der Waals surface area contributed by atoms with Crippen LogP contribution in [0.15, 0.2) is 10.5 Å². The molecule has 0 fully saturated rings. The fourth-order valence-electron chi connectivity index (χ4n) is 1.16. The van der Waals surface area contributed by atoms with Gasteiger partial charge in [0.1, 0.15) is 17.1 Å². The molecule has 0 bridgehead atoms. The summed E-state index contributed by atoms with van der Waals surface area (Å²) in [6.45, 7) is 3.39. The van der Waals surface area contributed by atoms with Gasteiger partial charge in [0.15, 0.2) is 0 Å². The third kappa shape index (κ3) is 1.80. The third-order valence-corrected chi connectivity index (χ3v) is 2.13. The van der Waals surface area contributed by atoms with Gasteiger partial charge >= 0.3 is 6.18 Å². The fourth-order valence-corrected chi connectivity index (χ4v) is 1.16. The van der Waals surface area contributed by atoms with Crippen LogP contribution in [0.5, 0.6) is 0 Å². The molecule has 4 nitrogen and oxygen atoms in total. The summed E-state index contributed by atoms with van der Waals surface area (Å²) in [5, 5.41) is 5.40. The van der Waals surface area contributed by atoms with Gasteiger partial charge in [-0.15, -0.1) is 0 Å². The average Bonchev–Trinajstić information content (AvgIpc) is 2.73. The first-order valence-corrected chi connectivity index (χ1v) is 4.45. The summed E-state index contributed by atoms with van der Waals surface area (Å²) in [6, 6.07) is 0.866. The second-order valence-electron chi connectivity index (χ2n) is 3.33. The second kappa shape index (κ2) is 3.36. The van der Waals surface area contributed by atoms with Crippen LogP contribution in [0.4, 0.5) is 13.2 Å². The average molecular weight is 231 g/mol. The molecular formula is C9H8F3N3O. The molecule has 2 rings (SSSR count). The molecule has 2 heterocycles. The lowest BCUT2D eigenvalue weighted by Crippen LogP contribution is -2.04. The van der Waals surface area contributed by atoms with Crippen molar-refractivity contribution in [3.05, 3.63) is 23.2 Å². The Morgan fingerprint density at radius 3 is 2.44 bits per heavy atom. The van der Waals surface area contributed by atoms with Crippen LogP contribution in [0.2, 0.25) is 0 Å². The monoisotopic (exact) mass is 231 g/mol. The van der Waals surface area contributed by atoms with Crippen LogP contribution in [0.1, 0.15) is 17.1 Å². The minimum Gasteiger partial charge on any atom is -0.440 e. The van der Waals surface area contributed by atoms with Crippen LogP contribution in [0, 0.1) is 13.8 Å². The number of hydrogen-bond donors (Lipinski definition) is 1. The molecule has 0 aliphatic heterocycles. The number of hydrogen-bond acceptors (Lipinski definition) is 3. The van der Waals surface area contributed by atoms with E-state index in [-0.39, 0.29) is 11.6 Å². The molecule has 0 spiro atoms. The number of H-pyrrole nitrogens is 1. The van der Waals surface area contributed by atoms with Crippen LogP contribution >= 0.6 is 0 Å². The molecule has 0 atom stereocenters. The Hall–Kier alpha value is -1.79. The molecule has 0 aromatic carbocycles. The topological polar surface area (TPSA) is 54.7 Å². The van der Waals surface area contributed by atoms with E-state index in [1.807, 2.05) is 5.10 Å². The maximum atomic E-state index is 12.3. The molecule has 0 saturated heterocycles. The van der Waals surface area contributed by atoms with Crippen molar-refractivity contribution in [2.24, 2.45) is 0 Å². The number of nitrogens with zero attached hydrogens (tertiary/aromatic N) is 2. The number of aryl methyl sites for hydroxylation is 2. The zero-order chi connectivity index (χ0) is 11.9. The maximum Gasteiger partial charge on any atom is 0.432 e. The summed E-state index contributed by atoms with van der Waals surface area (Å²) in [5.41, 5.74) is -0.244. The Labute approximate surface area is 88.5 Å². The smallest absolute Gasteiger partial charge is 0.432 e. The molecule has 0 aliphatic carbocycles. The van der Waals surface area contributed by atoms with Gasteiger partial charge in [0.05, 0.1) is 5.69 Å². The first-order valence-electron chi connectivity index (χ1n) is 4.45. The number of halogens is 3. The van der Waals surface area contributed by atoms with E-state index in [4.69, 9.17) is 4.42 Å². The fraction of sp³-hybridized carbons (Fsp3) is 0.333.